The second-order valence-corrected chi connectivity index (χ2v) is 11.3. The molecule has 41 heavy (non-hydrogen) atoms. The van der Waals surface area contributed by atoms with E-state index in [4.69, 9.17) is 37.4 Å². The first-order valence-corrected chi connectivity index (χ1v) is 14.2. The smallest absolute Gasteiger partial charge is 0.415 e. The van der Waals surface area contributed by atoms with Crippen LogP contribution in [0.15, 0.2) is 48.5 Å². The van der Waals surface area contributed by atoms with Crippen LogP contribution >= 0.6 is 23.2 Å². The molecule has 2 aromatic rings. The Labute approximate surface area is 245 Å². The van der Waals surface area contributed by atoms with Gasteiger partial charge in [-0.1, -0.05) is 23.2 Å². The summed E-state index contributed by atoms with van der Waals surface area (Å²) in [7, 11) is 0. The third-order valence-corrected chi connectivity index (χ3v) is 7.57. The van der Waals surface area contributed by atoms with Crippen molar-refractivity contribution in [2.24, 2.45) is 0 Å². The van der Waals surface area contributed by atoms with Crippen molar-refractivity contribution >= 4 is 23.2 Å². The van der Waals surface area contributed by atoms with Crippen molar-refractivity contribution in [3.63, 3.8) is 0 Å². The van der Waals surface area contributed by atoms with Crippen LogP contribution in [0.1, 0.15) is 25.7 Å². The second kappa shape index (κ2) is 14.0. The highest BCUT2D eigenvalue weighted by atomic mass is 35.5. The van der Waals surface area contributed by atoms with E-state index in [-0.39, 0.29) is 13.1 Å². The van der Waals surface area contributed by atoms with Gasteiger partial charge in [0.2, 0.25) is 0 Å². The topological polar surface area (TPSA) is 34.2 Å². The summed E-state index contributed by atoms with van der Waals surface area (Å²) in [6, 6.07) is 13.2. The number of rotatable bonds is 10. The fourth-order valence-electron chi connectivity index (χ4n) is 5.08. The molecule has 4 atom stereocenters. The van der Waals surface area contributed by atoms with Crippen LogP contribution < -0.4 is 9.47 Å². The Morgan fingerprint density at radius 2 is 1.02 bits per heavy atom. The van der Waals surface area contributed by atoms with Gasteiger partial charge in [0.15, 0.2) is 12.2 Å². The lowest BCUT2D eigenvalue weighted by atomic mass is 10.1. The van der Waals surface area contributed by atoms with Gasteiger partial charge >= 0.3 is 12.4 Å². The minimum atomic E-state index is -4.99. The number of alkyl halides is 6. The largest absolute Gasteiger partial charge is 0.489 e. The highest BCUT2D eigenvalue weighted by Gasteiger charge is 2.50. The third kappa shape index (κ3) is 10.1. The van der Waals surface area contributed by atoms with Gasteiger partial charge in [0, 0.05) is 36.2 Å². The molecular weight excluding hydrogens is 597 g/mol. The lowest BCUT2D eigenvalue weighted by Crippen LogP contribution is -2.54. The Morgan fingerprint density at radius 3 is 1.37 bits per heavy atom. The summed E-state index contributed by atoms with van der Waals surface area (Å²) in [4.78, 5) is 2.90. The number of nitrogens with zero attached hydrogens (tertiary/aromatic N) is 2. The zero-order chi connectivity index (χ0) is 29.6. The molecule has 0 amide bonds. The summed E-state index contributed by atoms with van der Waals surface area (Å²) in [5, 5.41) is 1.03. The Hall–Kier alpha value is -1.92. The number of likely N-dealkylation sites (tertiary alicyclic amines) is 2. The molecule has 2 aliphatic heterocycles. The minimum absolute atomic E-state index is 0.130. The summed E-state index contributed by atoms with van der Waals surface area (Å²) in [5.41, 5.74) is 0. The summed E-state index contributed by atoms with van der Waals surface area (Å²) < 4.78 is 101. The maximum atomic E-state index is 14.0. The summed E-state index contributed by atoms with van der Waals surface area (Å²) in [5.74, 6) is 1.03. The molecule has 0 N–H and O–H groups in total. The molecule has 4 rings (SSSR count). The maximum absolute atomic E-state index is 14.0. The molecule has 0 aliphatic carbocycles. The number of hydrogen-bond acceptors (Lipinski definition) is 5. The van der Waals surface area contributed by atoms with Gasteiger partial charge in [-0.15, -0.1) is 0 Å². The molecule has 2 aromatic carbocycles. The van der Waals surface area contributed by atoms with Gasteiger partial charge in [0.25, 0.3) is 0 Å². The molecule has 2 saturated heterocycles. The van der Waals surface area contributed by atoms with E-state index >= 15 is 0 Å². The lowest BCUT2D eigenvalue weighted by Gasteiger charge is -2.38. The average Bonchev–Trinajstić information content (AvgIpc) is 2.90. The molecular formula is C28H32Cl2F6N2O3. The number of benzene rings is 2. The first kappa shape index (κ1) is 32.0. The molecule has 0 bridgehead atoms. The Morgan fingerprint density at radius 1 is 0.659 bits per heavy atom. The van der Waals surface area contributed by atoms with Gasteiger partial charge in [-0.3, -0.25) is 9.80 Å². The van der Waals surface area contributed by atoms with Crippen molar-refractivity contribution in [2.75, 3.05) is 39.3 Å². The van der Waals surface area contributed by atoms with Gasteiger partial charge in [0.1, 0.15) is 23.7 Å². The molecule has 0 aromatic heterocycles. The quantitative estimate of drug-likeness (QED) is 0.259. The van der Waals surface area contributed by atoms with Gasteiger partial charge in [-0.2, -0.15) is 26.3 Å². The van der Waals surface area contributed by atoms with Crippen molar-refractivity contribution in [1.82, 2.24) is 9.80 Å². The van der Waals surface area contributed by atoms with Crippen LogP contribution in [-0.2, 0) is 4.74 Å². The summed E-state index contributed by atoms with van der Waals surface area (Å²) in [6.07, 6.45) is -13.8. The number of piperidine rings is 2. The number of ether oxygens (including phenoxy) is 3. The first-order valence-electron chi connectivity index (χ1n) is 13.4. The van der Waals surface area contributed by atoms with Crippen molar-refractivity contribution in [3.8, 4) is 11.5 Å². The summed E-state index contributed by atoms with van der Waals surface area (Å²) >= 11 is 11.8. The second-order valence-electron chi connectivity index (χ2n) is 10.4. The zero-order valence-corrected chi connectivity index (χ0v) is 23.7. The number of halogens is 8. The predicted octanol–water partition coefficient (Wildman–Crippen LogP) is 7.26. The van der Waals surface area contributed by atoms with Crippen LogP contribution in [0.3, 0.4) is 0 Å². The highest BCUT2D eigenvalue weighted by molar-refractivity contribution is 6.30. The van der Waals surface area contributed by atoms with E-state index in [9.17, 15) is 26.3 Å². The third-order valence-electron chi connectivity index (χ3n) is 7.06. The van der Waals surface area contributed by atoms with E-state index in [0.29, 0.717) is 60.3 Å². The molecule has 228 valence electrons. The molecule has 0 spiro atoms. The van der Waals surface area contributed by atoms with Crippen LogP contribution in [0.4, 0.5) is 26.3 Å². The fraction of sp³-hybridized carbons (Fsp3) is 0.571. The van der Waals surface area contributed by atoms with Crippen LogP contribution in [-0.4, -0.2) is 85.8 Å². The van der Waals surface area contributed by atoms with Crippen LogP contribution in [0, 0.1) is 0 Å². The molecule has 0 unspecified atom stereocenters. The van der Waals surface area contributed by atoms with Crippen molar-refractivity contribution in [1.29, 1.82) is 0 Å². The zero-order valence-electron chi connectivity index (χ0n) is 22.1. The van der Waals surface area contributed by atoms with E-state index < -0.39 is 49.9 Å². The molecule has 5 nitrogen and oxygen atoms in total. The SMILES string of the molecule is FC(F)(F)[C@H](CN1CCC[C@@H](Oc2ccc(Cl)cc2)C1)O[C@@H](CN1CCC[C@@H](Oc2ccc(Cl)cc2)C1)C(F)(F)F. The maximum Gasteiger partial charge on any atom is 0.415 e. The van der Waals surface area contributed by atoms with Gasteiger partial charge < -0.3 is 14.2 Å². The normalized spacial score (nSPS) is 22.7. The van der Waals surface area contributed by atoms with Crippen molar-refractivity contribution in [2.45, 2.75) is 62.5 Å². The van der Waals surface area contributed by atoms with Gasteiger partial charge in [-0.25, -0.2) is 0 Å². The monoisotopic (exact) mass is 628 g/mol. The highest BCUT2D eigenvalue weighted by Crippen LogP contribution is 2.32. The van der Waals surface area contributed by atoms with Crippen molar-refractivity contribution in [3.05, 3.63) is 58.6 Å². The molecule has 2 fully saturated rings. The van der Waals surface area contributed by atoms with E-state index in [1.54, 1.807) is 48.5 Å². The fourth-order valence-corrected chi connectivity index (χ4v) is 5.33. The first-order chi connectivity index (χ1) is 19.3. The van der Waals surface area contributed by atoms with E-state index in [1.165, 1.54) is 9.80 Å². The van der Waals surface area contributed by atoms with E-state index in [2.05, 4.69) is 0 Å². The Balaban J connectivity index is 1.37. The summed E-state index contributed by atoms with van der Waals surface area (Å²) in [6.45, 7) is -0.597. The van der Waals surface area contributed by atoms with E-state index in [1.807, 2.05) is 0 Å². The van der Waals surface area contributed by atoms with Crippen molar-refractivity contribution < 1.29 is 40.6 Å². The standard InChI is InChI=1S/C28H32Cl2F6N2O3/c29-19-5-9-21(10-6-19)39-23-3-1-13-37(15-23)17-25(27(31,32)33)41-26(28(34,35)36)18-38-14-2-4-24(16-38)40-22-11-7-20(30)8-12-22/h5-12,23-26H,1-4,13-18H2/t23-,24-,25+,26+/m1/s1. The molecule has 0 radical (unpaired) electrons. The number of hydrogen-bond donors (Lipinski definition) is 0. The van der Waals surface area contributed by atoms with Gasteiger partial charge in [-0.05, 0) is 87.3 Å². The predicted molar refractivity (Wildman–Crippen MR) is 144 cm³/mol. The molecule has 2 aliphatic rings. The minimum Gasteiger partial charge on any atom is -0.489 e. The Kier molecular flexibility index (Phi) is 11.0. The molecule has 2 heterocycles. The lowest BCUT2D eigenvalue weighted by molar-refractivity contribution is -0.291. The van der Waals surface area contributed by atoms with E-state index in [0.717, 1.165) is 0 Å². The Bertz CT molecular complexity index is 1000. The average molecular weight is 629 g/mol. The van der Waals surface area contributed by atoms with Crippen LogP contribution in [0.2, 0.25) is 10.0 Å². The van der Waals surface area contributed by atoms with Gasteiger partial charge in [0.05, 0.1) is 0 Å². The van der Waals surface area contributed by atoms with Crippen LogP contribution in [0.25, 0.3) is 0 Å². The van der Waals surface area contributed by atoms with Crippen LogP contribution in [0.5, 0.6) is 11.5 Å². The molecule has 0 saturated carbocycles. The molecule has 13 heteroatoms.